The predicted octanol–water partition coefficient (Wildman–Crippen LogP) is 1.93. The molecule has 0 radical (unpaired) electrons. The van der Waals surface area contributed by atoms with E-state index in [1.54, 1.807) is 23.9 Å². The Labute approximate surface area is 129 Å². The average Bonchev–Trinajstić information content (AvgIpc) is 2.76. The van der Waals surface area contributed by atoms with Crippen LogP contribution in [0.5, 0.6) is 0 Å². The van der Waals surface area contributed by atoms with Gasteiger partial charge in [-0.05, 0) is 19.4 Å². The molecule has 1 aliphatic rings. The minimum absolute atomic E-state index is 0.474. The zero-order chi connectivity index (χ0) is 14.5. The molecule has 0 saturated carbocycles. The number of ether oxygens (including phenoxy) is 1. The average molecular weight is 304 g/mol. The maximum atomic E-state index is 5.75. The number of aromatic nitrogens is 3. The van der Waals surface area contributed by atoms with Crippen LogP contribution in [-0.2, 0) is 17.7 Å². The van der Waals surface area contributed by atoms with E-state index >= 15 is 0 Å². The number of rotatable bonds is 4. The SMILES string of the molecule is Cc1nc(CN2CCOCC(Cc3ccncn3)C2)cs1. The summed E-state index contributed by atoms with van der Waals surface area (Å²) in [6.45, 7) is 6.56. The van der Waals surface area contributed by atoms with Crippen molar-refractivity contribution < 1.29 is 4.74 Å². The molecule has 0 spiro atoms. The normalized spacial score (nSPS) is 20.3. The molecule has 1 atom stereocenters. The maximum Gasteiger partial charge on any atom is 0.115 e. The molecule has 0 aromatic carbocycles. The molecule has 3 heterocycles. The molecule has 6 heteroatoms. The molecule has 2 aromatic rings. The molecule has 3 rings (SSSR count). The van der Waals surface area contributed by atoms with Gasteiger partial charge in [0.2, 0.25) is 0 Å². The minimum atomic E-state index is 0.474. The van der Waals surface area contributed by atoms with Gasteiger partial charge >= 0.3 is 0 Å². The fraction of sp³-hybridized carbons (Fsp3) is 0.533. The summed E-state index contributed by atoms with van der Waals surface area (Å²) in [6, 6.07) is 1.99. The first-order valence-corrected chi connectivity index (χ1v) is 8.13. The Morgan fingerprint density at radius 3 is 3.14 bits per heavy atom. The van der Waals surface area contributed by atoms with Crippen LogP contribution in [0.1, 0.15) is 16.4 Å². The Morgan fingerprint density at radius 1 is 1.43 bits per heavy atom. The van der Waals surface area contributed by atoms with Gasteiger partial charge < -0.3 is 4.74 Å². The molecule has 0 bridgehead atoms. The van der Waals surface area contributed by atoms with Crippen LogP contribution in [0.4, 0.5) is 0 Å². The lowest BCUT2D eigenvalue weighted by atomic mass is 10.0. The van der Waals surface area contributed by atoms with Crippen LogP contribution in [0.15, 0.2) is 24.0 Å². The molecule has 1 fully saturated rings. The Morgan fingerprint density at radius 2 is 2.38 bits per heavy atom. The van der Waals surface area contributed by atoms with Gasteiger partial charge in [-0.2, -0.15) is 0 Å². The second-order valence-electron chi connectivity index (χ2n) is 5.44. The summed E-state index contributed by atoms with van der Waals surface area (Å²) in [5, 5.41) is 3.29. The van der Waals surface area contributed by atoms with E-state index in [9.17, 15) is 0 Å². The van der Waals surface area contributed by atoms with Crippen molar-refractivity contribution in [3.8, 4) is 0 Å². The van der Waals surface area contributed by atoms with Crippen molar-refractivity contribution in [3.05, 3.63) is 40.4 Å². The molecule has 0 N–H and O–H groups in total. The Bertz CT molecular complexity index is 560. The van der Waals surface area contributed by atoms with Gasteiger partial charge in [-0.25, -0.2) is 15.0 Å². The topological polar surface area (TPSA) is 51.1 Å². The summed E-state index contributed by atoms with van der Waals surface area (Å²) in [7, 11) is 0. The summed E-state index contributed by atoms with van der Waals surface area (Å²) in [6.07, 6.45) is 4.35. The number of thiazole rings is 1. The number of hydrogen-bond acceptors (Lipinski definition) is 6. The monoisotopic (exact) mass is 304 g/mol. The van der Waals surface area contributed by atoms with Crippen LogP contribution in [0.3, 0.4) is 0 Å². The van der Waals surface area contributed by atoms with Crippen molar-refractivity contribution in [1.82, 2.24) is 19.9 Å². The molecule has 5 nitrogen and oxygen atoms in total. The summed E-state index contributed by atoms with van der Waals surface area (Å²) >= 11 is 1.72. The maximum absolute atomic E-state index is 5.75. The Hall–Kier alpha value is -1.37. The van der Waals surface area contributed by atoms with Gasteiger partial charge in [0.1, 0.15) is 6.33 Å². The lowest BCUT2D eigenvalue weighted by Crippen LogP contribution is -2.30. The molecule has 2 aromatic heterocycles. The minimum Gasteiger partial charge on any atom is -0.380 e. The summed E-state index contributed by atoms with van der Waals surface area (Å²) in [5.74, 6) is 0.474. The van der Waals surface area contributed by atoms with E-state index in [1.165, 1.54) is 5.69 Å². The predicted molar refractivity (Wildman–Crippen MR) is 82.2 cm³/mol. The van der Waals surface area contributed by atoms with E-state index in [-0.39, 0.29) is 0 Å². The molecule has 21 heavy (non-hydrogen) atoms. The smallest absolute Gasteiger partial charge is 0.115 e. The highest BCUT2D eigenvalue weighted by Gasteiger charge is 2.20. The largest absolute Gasteiger partial charge is 0.380 e. The summed E-state index contributed by atoms with van der Waals surface area (Å²) < 4.78 is 5.75. The first kappa shape index (κ1) is 14.6. The van der Waals surface area contributed by atoms with Crippen molar-refractivity contribution >= 4 is 11.3 Å². The second-order valence-corrected chi connectivity index (χ2v) is 6.50. The van der Waals surface area contributed by atoms with Gasteiger partial charge in [-0.3, -0.25) is 4.90 Å². The first-order chi connectivity index (χ1) is 10.3. The van der Waals surface area contributed by atoms with Crippen molar-refractivity contribution in [2.75, 3.05) is 26.3 Å². The van der Waals surface area contributed by atoms with Crippen LogP contribution in [0.25, 0.3) is 0 Å². The van der Waals surface area contributed by atoms with Gasteiger partial charge in [0.05, 0.1) is 23.9 Å². The third-order valence-corrected chi connectivity index (χ3v) is 4.44. The molecular weight excluding hydrogens is 284 g/mol. The van der Waals surface area contributed by atoms with Gasteiger partial charge in [-0.1, -0.05) is 0 Å². The summed E-state index contributed by atoms with van der Waals surface area (Å²) in [4.78, 5) is 15.3. The van der Waals surface area contributed by atoms with Crippen LogP contribution in [0, 0.1) is 12.8 Å². The first-order valence-electron chi connectivity index (χ1n) is 7.25. The molecule has 1 saturated heterocycles. The molecule has 112 valence electrons. The summed E-state index contributed by atoms with van der Waals surface area (Å²) in [5.41, 5.74) is 2.25. The molecule has 0 amide bonds. The molecule has 1 unspecified atom stereocenters. The molecule has 1 aliphatic heterocycles. The van der Waals surface area contributed by atoms with E-state index in [1.807, 2.05) is 6.07 Å². The highest BCUT2D eigenvalue weighted by Crippen LogP contribution is 2.16. The van der Waals surface area contributed by atoms with Crippen molar-refractivity contribution in [3.63, 3.8) is 0 Å². The van der Waals surface area contributed by atoms with E-state index in [4.69, 9.17) is 4.74 Å². The fourth-order valence-corrected chi connectivity index (χ4v) is 3.27. The van der Waals surface area contributed by atoms with Crippen molar-refractivity contribution in [2.24, 2.45) is 5.92 Å². The zero-order valence-corrected chi connectivity index (χ0v) is 13.1. The Balaban J connectivity index is 1.60. The van der Waals surface area contributed by atoms with E-state index in [2.05, 4.69) is 32.2 Å². The van der Waals surface area contributed by atoms with Gasteiger partial charge in [0.15, 0.2) is 0 Å². The van der Waals surface area contributed by atoms with E-state index in [0.29, 0.717) is 5.92 Å². The zero-order valence-electron chi connectivity index (χ0n) is 12.2. The highest BCUT2D eigenvalue weighted by molar-refractivity contribution is 7.09. The third kappa shape index (κ3) is 4.30. The van der Waals surface area contributed by atoms with Gasteiger partial charge in [0.25, 0.3) is 0 Å². The molecule has 0 aliphatic carbocycles. The van der Waals surface area contributed by atoms with E-state index in [0.717, 1.165) is 50.0 Å². The Kier molecular flexibility index (Phi) is 4.90. The number of nitrogens with zero attached hydrogens (tertiary/aromatic N) is 4. The van der Waals surface area contributed by atoms with Crippen LogP contribution >= 0.6 is 11.3 Å². The fourth-order valence-electron chi connectivity index (χ4n) is 2.66. The van der Waals surface area contributed by atoms with Crippen LogP contribution < -0.4 is 0 Å². The lowest BCUT2D eigenvalue weighted by Gasteiger charge is -2.22. The number of hydrogen-bond donors (Lipinski definition) is 0. The van der Waals surface area contributed by atoms with Crippen LogP contribution in [0.2, 0.25) is 0 Å². The van der Waals surface area contributed by atoms with Gasteiger partial charge in [-0.15, -0.1) is 11.3 Å². The van der Waals surface area contributed by atoms with Crippen molar-refractivity contribution in [1.29, 1.82) is 0 Å². The molecular formula is C15H20N4OS. The van der Waals surface area contributed by atoms with Crippen molar-refractivity contribution in [2.45, 2.75) is 19.9 Å². The lowest BCUT2D eigenvalue weighted by molar-refractivity contribution is 0.121. The third-order valence-electron chi connectivity index (χ3n) is 3.62. The highest BCUT2D eigenvalue weighted by atomic mass is 32.1. The van der Waals surface area contributed by atoms with Crippen LogP contribution in [-0.4, -0.2) is 46.2 Å². The van der Waals surface area contributed by atoms with E-state index < -0.39 is 0 Å². The van der Waals surface area contributed by atoms with Gasteiger partial charge in [0, 0.05) is 42.8 Å². The second kappa shape index (κ2) is 7.06. The standard InChI is InChI=1S/C15H20N4OS/c1-12-18-15(10-21-12)8-19-4-5-20-9-13(7-19)6-14-2-3-16-11-17-14/h2-3,10-11,13H,4-9H2,1H3. The quantitative estimate of drug-likeness (QED) is 0.864. The number of aryl methyl sites for hydroxylation is 1.